The molecule has 0 aliphatic heterocycles. The fourth-order valence-corrected chi connectivity index (χ4v) is 2.24. The molecule has 0 bridgehead atoms. The largest absolute Gasteiger partial charge is 0.496 e. The van der Waals surface area contributed by atoms with Crippen LogP contribution in [-0.4, -0.2) is 12.1 Å². The van der Waals surface area contributed by atoms with E-state index in [1.54, 1.807) is 7.11 Å². The van der Waals surface area contributed by atoms with E-state index in [-0.39, 0.29) is 0 Å². The van der Waals surface area contributed by atoms with E-state index in [2.05, 4.69) is 23.2 Å². The number of rotatable bonds is 3. The van der Waals surface area contributed by atoms with Gasteiger partial charge in [-0.15, -0.1) is 0 Å². The number of hydrogen-bond donors (Lipinski definition) is 0. The molecule has 1 fully saturated rings. The molecule has 2 heteroatoms. The quantitative estimate of drug-likeness (QED) is 0.795. The van der Waals surface area contributed by atoms with Crippen LogP contribution in [0.1, 0.15) is 24.3 Å². The summed E-state index contributed by atoms with van der Waals surface area (Å²) in [5, 5.41) is 0. The molecule has 17 heavy (non-hydrogen) atoms. The second kappa shape index (κ2) is 4.21. The van der Waals surface area contributed by atoms with Crippen molar-refractivity contribution in [1.29, 1.82) is 0 Å². The minimum atomic E-state index is 0.698. The lowest BCUT2D eigenvalue weighted by molar-refractivity contribution is 0.416. The van der Waals surface area contributed by atoms with Crippen molar-refractivity contribution in [3.63, 3.8) is 0 Å². The summed E-state index contributed by atoms with van der Waals surface area (Å²) in [6.45, 7) is 0. The van der Waals surface area contributed by atoms with Gasteiger partial charge in [0.25, 0.3) is 0 Å². The lowest BCUT2D eigenvalue weighted by Gasteiger charge is -2.11. The number of aromatic nitrogens is 1. The van der Waals surface area contributed by atoms with Crippen LogP contribution in [0.25, 0.3) is 11.1 Å². The summed E-state index contributed by atoms with van der Waals surface area (Å²) in [4.78, 5) is 4.25. The summed E-state index contributed by atoms with van der Waals surface area (Å²) >= 11 is 0. The van der Waals surface area contributed by atoms with Crippen molar-refractivity contribution in [1.82, 2.24) is 4.98 Å². The molecule has 86 valence electrons. The van der Waals surface area contributed by atoms with E-state index in [0.29, 0.717) is 5.92 Å². The molecule has 0 N–H and O–H groups in total. The predicted octanol–water partition coefficient (Wildman–Crippen LogP) is 3.63. The Morgan fingerprint density at radius 1 is 1.12 bits per heavy atom. The van der Waals surface area contributed by atoms with Crippen molar-refractivity contribution in [2.45, 2.75) is 18.8 Å². The van der Waals surface area contributed by atoms with Crippen LogP contribution in [0.5, 0.6) is 5.75 Å². The summed E-state index contributed by atoms with van der Waals surface area (Å²) in [6.07, 6.45) is 6.43. The Bertz CT molecular complexity index is 532. The van der Waals surface area contributed by atoms with E-state index >= 15 is 0 Å². The Balaban J connectivity index is 2.14. The SMILES string of the molecule is COc1ccccc1-c1ccncc1C1CC1. The summed E-state index contributed by atoms with van der Waals surface area (Å²) in [5.41, 5.74) is 3.79. The van der Waals surface area contributed by atoms with E-state index < -0.39 is 0 Å². The Labute approximate surface area is 101 Å². The van der Waals surface area contributed by atoms with Crippen LogP contribution in [0, 0.1) is 0 Å². The lowest BCUT2D eigenvalue weighted by atomic mass is 9.98. The van der Waals surface area contributed by atoms with Gasteiger partial charge in [0.2, 0.25) is 0 Å². The van der Waals surface area contributed by atoms with Crippen LogP contribution in [0.4, 0.5) is 0 Å². The van der Waals surface area contributed by atoms with Crippen LogP contribution < -0.4 is 4.74 Å². The molecule has 2 nitrogen and oxygen atoms in total. The zero-order valence-corrected chi connectivity index (χ0v) is 9.89. The van der Waals surface area contributed by atoms with Gasteiger partial charge in [0.1, 0.15) is 5.75 Å². The third-order valence-corrected chi connectivity index (χ3v) is 3.27. The van der Waals surface area contributed by atoms with Crippen LogP contribution in [0.3, 0.4) is 0 Å². The van der Waals surface area contributed by atoms with Crippen molar-refractivity contribution < 1.29 is 4.74 Å². The number of benzene rings is 1. The van der Waals surface area contributed by atoms with E-state index in [1.807, 2.05) is 24.5 Å². The van der Waals surface area contributed by atoms with Crippen molar-refractivity contribution in [3.05, 3.63) is 48.3 Å². The molecule has 0 atom stereocenters. The van der Waals surface area contributed by atoms with Crippen LogP contribution >= 0.6 is 0 Å². The lowest BCUT2D eigenvalue weighted by Crippen LogP contribution is -1.92. The highest BCUT2D eigenvalue weighted by atomic mass is 16.5. The van der Waals surface area contributed by atoms with E-state index in [0.717, 1.165) is 5.75 Å². The highest BCUT2D eigenvalue weighted by Gasteiger charge is 2.27. The Hall–Kier alpha value is -1.83. The fraction of sp³-hybridized carbons (Fsp3) is 0.267. The molecule has 0 unspecified atom stereocenters. The molecule has 2 aromatic rings. The molecular weight excluding hydrogens is 210 g/mol. The Morgan fingerprint density at radius 3 is 2.71 bits per heavy atom. The van der Waals surface area contributed by atoms with Gasteiger partial charge < -0.3 is 4.74 Å². The number of hydrogen-bond acceptors (Lipinski definition) is 2. The number of nitrogens with zero attached hydrogens (tertiary/aromatic N) is 1. The number of para-hydroxylation sites is 1. The summed E-state index contributed by atoms with van der Waals surface area (Å²) in [5.74, 6) is 1.63. The van der Waals surface area contributed by atoms with E-state index in [1.165, 1.54) is 29.5 Å². The molecule has 0 radical (unpaired) electrons. The van der Waals surface area contributed by atoms with Crippen LogP contribution in [-0.2, 0) is 0 Å². The highest BCUT2D eigenvalue weighted by Crippen LogP contribution is 2.45. The van der Waals surface area contributed by atoms with Gasteiger partial charge in [-0.1, -0.05) is 18.2 Å². The minimum Gasteiger partial charge on any atom is -0.496 e. The van der Waals surface area contributed by atoms with Gasteiger partial charge in [-0.25, -0.2) is 0 Å². The molecule has 1 aromatic heterocycles. The van der Waals surface area contributed by atoms with Crippen molar-refractivity contribution in [2.24, 2.45) is 0 Å². The van der Waals surface area contributed by atoms with E-state index in [4.69, 9.17) is 4.74 Å². The summed E-state index contributed by atoms with van der Waals surface area (Å²) in [6, 6.07) is 10.3. The second-order valence-corrected chi connectivity index (χ2v) is 4.44. The monoisotopic (exact) mass is 225 g/mol. The maximum absolute atomic E-state index is 5.43. The first kappa shape index (κ1) is 10.3. The topological polar surface area (TPSA) is 22.1 Å². The maximum atomic E-state index is 5.43. The molecule has 0 spiro atoms. The zero-order chi connectivity index (χ0) is 11.7. The molecule has 1 aromatic carbocycles. The standard InChI is InChI=1S/C15H15NO/c1-17-15-5-3-2-4-13(15)12-8-9-16-10-14(12)11-6-7-11/h2-5,8-11H,6-7H2,1H3. The highest BCUT2D eigenvalue weighted by molar-refractivity contribution is 5.73. The number of methoxy groups -OCH3 is 1. The number of pyridine rings is 1. The molecular formula is C15H15NO. The normalized spacial score (nSPS) is 14.6. The molecule has 1 saturated carbocycles. The zero-order valence-electron chi connectivity index (χ0n) is 9.89. The average Bonchev–Trinajstić information content (AvgIpc) is 3.23. The van der Waals surface area contributed by atoms with Crippen molar-refractivity contribution >= 4 is 0 Å². The first-order valence-corrected chi connectivity index (χ1v) is 5.97. The molecule has 0 amide bonds. The first-order valence-electron chi connectivity index (χ1n) is 5.97. The molecule has 0 saturated heterocycles. The Morgan fingerprint density at radius 2 is 1.94 bits per heavy atom. The maximum Gasteiger partial charge on any atom is 0.126 e. The van der Waals surface area contributed by atoms with Gasteiger partial charge in [-0.05, 0) is 42.0 Å². The van der Waals surface area contributed by atoms with Crippen LogP contribution in [0.15, 0.2) is 42.7 Å². The molecule has 1 heterocycles. The molecule has 1 aliphatic carbocycles. The minimum absolute atomic E-state index is 0.698. The number of ether oxygens (including phenoxy) is 1. The Kier molecular flexibility index (Phi) is 2.56. The van der Waals surface area contributed by atoms with Gasteiger partial charge in [0, 0.05) is 18.0 Å². The smallest absolute Gasteiger partial charge is 0.126 e. The first-order chi connectivity index (χ1) is 8.40. The van der Waals surface area contributed by atoms with Crippen molar-refractivity contribution in [2.75, 3.05) is 7.11 Å². The summed E-state index contributed by atoms with van der Waals surface area (Å²) in [7, 11) is 1.72. The average molecular weight is 225 g/mol. The molecule has 1 aliphatic rings. The van der Waals surface area contributed by atoms with Gasteiger partial charge in [0.15, 0.2) is 0 Å². The summed E-state index contributed by atoms with van der Waals surface area (Å²) < 4.78 is 5.43. The van der Waals surface area contributed by atoms with Crippen LogP contribution in [0.2, 0.25) is 0 Å². The van der Waals surface area contributed by atoms with E-state index in [9.17, 15) is 0 Å². The van der Waals surface area contributed by atoms with Gasteiger partial charge in [-0.2, -0.15) is 0 Å². The predicted molar refractivity (Wildman–Crippen MR) is 68.2 cm³/mol. The van der Waals surface area contributed by atoms with Gasteiger partial charge in [0.05, 0.1) is 7.11 Å². The molecule has 3 rings (SSSR count). The third-order valence-electron chi connectivity index (χ3n) is 3.27. The van der Waals surface area contributed by atoms with Gasteiger partial charge >= 0.3 is 0 Å². The van der Waals surface area contributed by atoms with Gasteiger partial charge in [-0.3, -0.25) is 4.98 Å². The second-order valence-electron chi connectivity index (χ2n) is 4.44. The fourth-order valence-electron chi connectivity index (χ4n) is 2.24. The third kappa shape index (κ3) is 1.91. The van der Waals surface area contributed by atoms with Crippen molar-refractivity contribution in [3.8, 4) is 16.9 Å².